The van der Waals surface area contributed by atoms with Crippen LogP contribution < -0.4 is 14.8 Å². The molecular weight excluding hydrogens is 705 g/mol. The van der Waals surface area contributed by atoms with Gasteiger partial charge < -0.3 is 29.7 Å². The molecule has 1 saturated heterocycles. The second-order valence-corrected chi connectivity index (χ2v) is 12.5. The zero-order valence-electron chi connectivity index (χ0n) is 29.2. The number of hydrazine groups is 1. The molecule has 53 heavy (non-hydrogen) atoms. The third-order valence-corrected chi connectivity index (χ3v) is 9.18. The smallest absolute Gasteiger partial charge is 0.416 e. The highest BCUT2D eigenvalue weighted by Crippen LogP contribution is 2.45. The summed E-state index contributed by atoms with van der Waals surface area (Å²) in [6, 6.07) is 9.63. The number of hydrogen-bond donors (Lipinski definition) is 3. The predicted molar refractivity (Wildman–Crippen MR) is 184 cm³/mol. The third-order valence-electron chi connectivity index (χ3n) is 9.18. The van der Waals surface area contributed by atoms with Crippen molar-refractivity contribution >= 4 is 17.5 Å². The first-order chi connectivity index (χ1) is 25.3. The number of carbonyl (C=O) groups excluding carboxylic acids is 2. The van der Waals surface area contributed by atoms with Crippen LogP contribution in [0, 0.1) is 23.5 Å². The van der Waals surface area contributed by atoms with Crippen molar-refractivity contribution in [1.29, 1.82) is 0 Å². The molecule has 3 N–H and O–H groups in total. The largest absolute Gasteiger partial charge is 0.509 e. The summed E-state index contributed by atoms with van der Waals surface area (Å²) in [7, 11) is 2.65. The fraction of sp³-hybridized carbons (Fsp3) is 0.368. The van der Waals surface area contributed by atoms with E-state index >= 15 is 8.78 Å². The van der Waals surface area contributed by atoms with Crippen LogP contribution in [0.15, 0.2) is 59.9 Å². The number of anilines is 1. The van der Waals surface area contributed by atoms with Gasteiger partial charge in [0.05, 0.1) is 37.4 Å². The molecule has 2 aliphatic rings. The molecule has 3 aromatic carbocycles. The summed E-state index contributed by atoms with van der Waals surface area (Å²) < 4.78 is 88.3. The molecule has 2 amide bonds. The van der Waals surface area contributed by atoms with E-state index in [2.05, 4.69) is 17.2 Å². The van der Waals surface area contributed by atoms with Gasteiger partial charge in [0.25, 0.3) is 11.8 Å². The number of aliphatic hydroxyl groups excluding tert-OH is 2. The van der Waals surface area contributed by atoms with Crippen molar-refractivity contribution in [2.75, 3.05) is 45.9 Å². The van der Waals surface area contributed by atoms with Crippen LogP contribution in [0.5, 0.6) is 11.5 Å². The second-order valence-electron chi connectivity index (χ2n) is 12.5. The maximum absolute atomic E-state index is 15.5. The number of nitrogens with one attached hydrogen (secondary N) is 1. The van der Waals surface area contributed by atoms with Crippen molar-refractivity contribution in [2.45, 2.75) is 50.9 Å². The topological polar surface area (TPSA) is 121 Å². The average molecular weight is 744 g/mol. The van der Waals surface area contributed by atoms with E-state index in [9.17, 15) is 27.9 Å². The number of unbranched alkanes of at least 4 members (excludes halogenated alkanes) is 1. The monoisotopic (exact) mass is 743 g/mol. The molecule has 5 rings (SSSR count). The van der Waals surface area contributed by atoms with Crippen LogP contribution in [-0.4, -0.2) is 78.2 Å². The van der Waals surface area contributed by atoms with E-state index in [1.54, 1.807) is 6.92 Å². The Balaban J connectivity index is 1.47. The Morgan fingerprint density at radius 1 is 1.04 bits per heavy atom. The van der Waals surface area contributed by atoms with Crippen LogP contribution in [0.25, 0.3) is 11.1 Å². The first kappa shape index (κ1) is 39.0. The summed E-state index contributed by atoms with van der Waals surface area (Å²) in [5, 5.41) is 25.3. The summed E-state index contributed by atoms with van der Waals surface area (Å²) in [6.45, 7) is 1.65. The van der Waals surface area contributed by atoms with Crippen LogP contribution in [-0.2, 0) is 27.0 Å². The summed E-state index contributed by atoms with van der Waals surface area (Å²) in [6.07, 6.45) is -2.80. The van der Waals surface area contributed by atoms with E-state index < -0.39 is 58.6 Å². The van der Waals surface area contributed by atoms with Gasteiger partial charge in [-0.2, -0.15) is 13.2 Å². The molecule has 282 valence electrons. The van der Waals surface area contributed by atoms with Gasteiger partial charge in [0.1, 0.15) is 17.9 Å². The number of amides is 2. The molecule has 0 spiro atoms. The standard InChI is InChI=1S/C38H38F5N3O7/c1-37-16-8-17-46(37)45(22-24-13-12-23(31(39)32(24)40)9-7-20-53-19-5-4-18-47)36(50)30(34(37)48)35(49)44-28-15-14-25(38(41,42)43)21-27(28)26-10-6-11-29(51-2)33(26)52-3/h6,10-15,21,47-48H,4-5,8,16-20,22H2,1-3H3,(H,44,49)/t37-/m1/s1. The SMILES string of the molecule is COc1cccc(-c2cc(C(F)(F)F)ccc2NC(=O)C2=C(O)[C@@]3(C)CCCN3N(Cc3ccc(C#CCOCCCCO)c(F)c3F)C2=O)c1OC. The molecule has 0 bridgehead atoms. The van der Waals surface area contributed by atoms with Gasteiger partial charge in [0.15, 0.2) is 23.1 Å². The Labute approximate surface area is 302 Å². The zero-order chi connectivity index (χ0) is 38.5. The van der Waals surface area contributed by atoms with Gasteiger partial charge in [0, 0.05) is 42.1 Å². The number of hydrogen-bond acceptors (Lipinski definition) is 8. The lowest BCUT2D eigenvalue weighted by molar-refractivity contribution is -0.160. The Morgan fingerprint density at radius 2 is 1.81 bits per heavy atom. The number of methoxy groups -OCH3 is 2. The van der Waals surface area contributed by atoms with Crippen molar-refractivity contribution in [3.05, 3.63) is 88.2 Å². The Kier molecular flexibility index (Phi) is 12.0. The highest BCUT2D eigenvalue weighted by atomic mass is 19.4. The van der Waals surface area contributed by atoms with E-state index in [1.807, 2.05) is 0 Å². The molecule has 0 aliphatic carbocycles. The molecule has 0 aromatic heterocycles. The Hall–Kier alpha value is -5.17. The Morgan fingerprint density at radius 3 is 2.51 bits per heavy atom. The normalized spacial score (nSPS) is 17.4. The van der Waals surface area contributed by atoms with Crippen LogP contribution in [0.2, 0.25) is 0 Å². The molecule has 1 fully saturated rings. The van der Waals surface area contributed by atoms with Gasteiger partial charge in [-0.15, -0.1) is 0 Å². The quantitative estimate of drug-likeness (QED) is 0.0848. The first-order valence-corrected chi connectivity index (χ1v) is 16.7. The molecule has 3 aromatic rings. The van der Waals surface area contributed by atoms with Gasteiger partial charge >= 0.3 is 6.18 Å². The molecule has 2 heterocycles. The molecule has 15 heteroatoms. The molecule has 1 atom stereocenters. The lowest BCUT2D eigenvalue weighted by Gasteiger charge is -2.46. The third kappa shape index (κ3) is 7.95. The molecule has 10 nitrogen and oxygen atoms in total. The molecule has 0 unspecified atom stereocenters. The lowest BCUT2D eigenvalue weighted by Crippen LogP contribution is -2.60. The number of halogens is 5. The van der Waals surface area contributed by atoms with E-state index in [0.717, 1.165) is 23.2 Å². The number of rotatable bonds is 12. The van der Waals surface area contributed by atoms with E-state index in [0.29, 0.717) is 32.3 Å². The predicted octanol–water partition coefficient (Wildman–Crippen LogP) is 6.37. The van der Waals surface area contributed by atoms with Crippen molar-refractivity contribution in [3.63, 3.8) is 0 Å². The minimum atomic E-state index is -4.75. The van der Waals surface area contributed by atoms with E-state index in [-0.39, 0.29) is 59.2 Å². The highest BCUT2D eigenvalue weighted by molar-refractivity contribution is 6.24. The number of aliphatic hydroxyl groups is 2. The molecular formula is C38H38F5N3O7. The van der Waals surface area contributed by atoms with E-state index in [4.69, 9.17) is 19.3 Å². The van der Waals surface area contributed by atoms with Gasteiger partial charge in [-0.1, -0.05) is 30.0 Å². The summed E-state index contributed by atoms with van der Waals surface area (Å²) >= 11 is 0. The average Bonchev–Trinajstić information content (AvgIpc) is 3.54. The van der Waals surface area contributed by atoms with Crippen LogP contribution in [0.1, 0.15) is 49.3 Å². The Bertz CT molecular complexity index is 1970. The van der Waals surface area contributed by atoms with Crippen molar-refractivity contribution in [2.24, 2.45) is 0 Å². The van der Waals surface area contributed by atoms with Crippen LogP contribution >= 0.6 is 0 Å². The highest BCUT2D eigenvalue weighted by Gasteiger charge is 2.53. The summed E-state index contributed by atoms with van der Waals surface area (Å²) in [5.41, 5.74) is -3.63. The lowest BCUT2D eigenvalue weighted by atomic mass is 9.90. The number of ether oxygens (including phenoxy) is 3. The van der Waals surface area contributed by atoms with Gasteiger partial charge in [0.2, 0.25) is 0 Å². The van der Waals surface area contributed by atoms with Crippen molar-refractivity contribution in [3.8, 4) is 34.5 Å². The molecule has 2 aliphatic heterocycles. The summed E-state index contributed by atoms with van der Waals surface area (Å²) in [5.74, 6) is 0.158. The fourth-order valence-electron chi connectivity index (χ4n) is 6.42. The van der Waals surface area contributed by atoms with Gasteiger partial charge in [-0.05, 0) is 62.9 Å². The second kappa shape index (κ2) is 16.2. The van der Waals surface area contributed by atoms with Crippen molar-refractivity contribution < 1.29 is 56.0 Å². The van der Waals surface area contributed by atoms with Crippen LogP contribution in [0.3, 0.4) is 0 Å². The van der Waals surface area contributed by atoms with Gasteiger partial charge in [-0.25, -0.2) is 13.8 Å². The number of fused-ring (bicyclic) bond motifs is 1. The van der Waals surface area contributed by atoms with Crippen molar-refractivity contribution in [1.82, 2.24) is 10.0 Å². The minimum absolute atomic E-state index is 0.0303. The maximum atomic E-state index is 15.5. The number of alkyl halides is 3. The number of para-hydroxylation sites is 1. The maximum Gasteiger partial charge on any atom is 0.416 e. The number of carbonyl (C=O) groups is 2. The number of benzene rings is 3. The zero-order valence-corrected chi connectivity index (χ0v) is 29.2. The van der Waals surface area contributed by atoms with Crippen LogP contribution in [0.4, 0.5) is 27.6 Å². The van der Waals surface area contributed by atoms with Gasteiger partial charge in [-0.3, -0.25) is 14.6 Å². The summed E-state index contributed by atoms with van der Waals surface area (Å²) in [4.78, 5) is 28.0. The first-order valence-electron chi connectivity index (χ1n) is 16.7. The fourth-order valence-corrected chi connectivity index (χ4v) is 6.42. The minimum Gasteiger partial charge on any atom is -0.509 e. The molecule has 0 saturated carbocycles. The number of nitrogens with zero attached hydrogens (tertiary/aromatic N) is 2. The van der Waals surface area contributed by atoms with E-state index in [1.165, 1.54) is 49.6 Å². The molecule has 0 radical (unpaired) electrons.